The van der Waals surface area contributed by atoms with Crippen LogP contribution in [0.2, 0.25) is 0 Å². The number of aromatic nitrogens is 5. The van der Waals surface area contributed by atoms with E-state index in [1.54, 1.807) is 15.8 Å². The van der Waals surface area contributed by atoms with Gasteiger partial charge in [-0.2, -0.15) is 28.6 Å². The minimum atomic E-state index is -4.54. The average molecular weight is 543 g/mol. The first-order valence-corrected chi connectivity index (χ1v) is 12.6. The maximum Gasteiger partial charge on any atom is 0.433 e. The third-order valence-corrected chi connectivity index (χ3v) is 7.20. The van der Waals surface area contributed by atoms with Crippen LogP contribution < -0.4 is 5.73 Å². The van der Waals surface area contributed by atoms with Crippen LogP contribution in [0.15, 0.2) is 30.7 Å². The van der Waals surface area contributed by atoms with E-state index in [0.29, 0.717) is 29.9 Å². The van der Waals surface area contributed by atoms with Crippen LogP contribution >= 0.6 is 0 Å². The van der Waals surface area contributed by atoms with Gasteiger partial charge < -0.3 is 15.4 Å². The number of likely N-dealkylation sites (tertiary alicyclic amines) is 1. The number of alkyl halides is 3. The molecule has 4 heterocycles. The van der Waals surface area contributed by atoms with Crippen LogP contribution in [0, 0.1) is 16.7 Å². The highest BCUT2D eigenvalue weighted by Crippen LogP contribution is 2.55. The van der Waals surface area contributed by atoms with E-state index in [9.17, 15) is 23.2 Å². The molecule has 0 radical (unpaired) electrons. The quantitative estimate of drug-likeness (QED) is 0.509. The van der Waals surface area contributed by atoms with Crippen LogP contribution in [0.1, 0.15) is 62.9 Å². The first kappa shape index (κ1) is 26.5. The van der Waals surface area contributed by atoms with E-state index in [2.05, 4.69) is 21.3 Å². The van der Waals surface area contributed by atoms with Gasteiger partial charge in [-0.25, -0.2) is 9.48 Å². The summed E-state index contributed by atoms with van der Waals surface area (Å²) >= 11 is 0. The SMILES string of the molecule is CC(C)(C)OC(=O)N1CCC2(CC(n3nc(-c4cnn(Cc5ccnc(C(F)(F)F)c5)c4)c(C#N)c3N)C2)C1. The molecule has 10 nitrogen and oxygen atoms in total. The van der Waals surface area contributed by atoms with E-state index in [-0.39, 0.29) is 35.5 Å². The van der Waals surface area contributed by atoms with Crippen molar-refractivity contribution in [2.45, 2.75) is 64.4 Å². The molecule has 1 saturated heterocycles. The summed E-state index contributed by atoms with van der Waals surface area (Å²) in [6.07, 6.45) is 1.80. The molecule has 1 amide bonds. The number of nitrogen functional groups attached to an aromatic ring is 1. The number of anilines is 1. The molecular weight excluding hydrogens is 513 g/mol. The standard InChI is InChI=1S/C26H29F3N8O2/c1-24(2,3)39-23(38)35-7-5-25(15-35)9-18(10-25)37-22(31)19(11-30)21(34-37)17-12-33-36(14-17)13-16-4-6-32-20(8-16)26(27,28)29/h4,6,8,12,14,18H,5,7,9-10,13,15,31H2,1-3H3. The second kappa shape index (κ2) is 9.29. The largest absolute Gasteiger partial charge is 0.444 e. The third kappa shape index (κ3) is 5.28. The third-order valence-electron chi connectivity index (χ3n) is 7.20. The highest BCUT2D eigenvalue weighted by Gasteiger charge is 2.51. The van der Waals surface area contributed by atoms with Crippen molar-refractivity contribution >= 4 is 11.9 Å². The van der Waals surface area contributed by atoms with Gasteiger partial charge in [0.2, 0.25) is 0 Å². The van der Waals surface area contributed by atoms with Crippen molar-refractivity contribution in [2.75, 3.05) is 18.8 Å². The van der Waals surface area contributed by atoms with Crippen molar-refractivity contribution in [3.05, 3.63) is 47.5 Å². The predicted octanol–water partition coefficient (Wildman–Crippen LogP) is 4.62. The molecule has 206 valence electrons. The lowest BCUT2D eigenvalue weighted by Crippen LogP contribution is -2.43. The normalized spacial score (nSPS) is 21.2. The van der Waals surface area contributed by atoms with Crippen molar-refractivity contribution in [3.63, 3.8) is 0 Å². The molecule has 0 aromatic carbocycles. The number of halogens is 3. The number of nitrogens with zero attached hydrogens (tertiary/aromatic N) is 7. The number of nitriles is 1. The number of nitrogens with two attached hydrogens (primary N) is 1. The minimum absolute atomic E-state index is 0.0166. The molecule has 3 aromatic heterocycles. The number of pyridine rings is 1. The van der Waals surface area contributed by atoms with Gasteiger partial charge in [-0.15, -0.1) is 0 Å². The Morgan fingerprint density at radius 1 is 1.31 bits per heavy atom. The van der Waals surface area contributed by atoms with Gasteiger partial charge in [0, 0.05) is 31.0 Å². The highest BCUT2D eigenvalue weighted by atomic mass is 19.4. The Morgan fingerprint density at radius 2 is 2.05 bits per heavy atom. The molecule has 39 heavy (non-hydrogen) atoms. The molecule has 5 rings (SSSR count). The summed E-state index contributed by atoms with van der Waals surface area (Å²) in [6.45, 7) is 6.85. The fraction of sp³-hybridized carbons (Fsp3) is 0.500. The Morgan fingerprint density at radius 3 is 2.72 bits per heavy atom. The molecule has 1 spiro atoms. The number of carbonyl (C=O) groups is 1. The van der Waals surface area contributed by atoms with Gasteiger partial charge in [0.05, 0.1) is 18.8 Å². The molecule has 2 aliphatic rings. The van der Waals surface area contributed by atoms with Gasteiger partial charge in [0.15, 0.2) is 0 Å². The van der Waals surface area contributed by atoms with Gasteiger partial charge in [-0.05, 0) is 63.1 Å². The summed E-state index contributed by atoms with van der Waals surface area (Å²) in [7, 11) is 0. The highest BCUT2D eigenvalue weighted by molar-refractivity contribution is 5.72. The van der Waals surface area contributed by atoms with Crippen LogP contribution in [0.25, 0.3) is 11.3 Å². The second-order valence-corrected chi connectivity index (χ2v) is 11.4. The molecule has 1 aliphatic heterocycles. The number of rotatable bonds is 4. The van der Waals surface area contributed by atoms with Gasteiger partial charge in [-0.1, -0.05) is 0 Å². The van der Waals surface area contributed by atoms with Crippen LogP contribution in [0.4, 0.5) is 23.8 Å². The topological polar surface area (TPSA) is 128 Å². The summed E-state index contributed by atoms with van der Waals surface area (Å²) < 4.78 is 47.7. The Balaban J connectivity index is 1.29. The fourth-order valence-corrected chi connectivity index (χ4v) is 5.39. The molecule has 1 saturated carbocycles. The number of carbonyl (C=O) groups excluding carboxylic acids is 1. The molecule has 1 aliphatic carbocycles. The van der Waals surface area contributed by atoms with Gasteiger partial charge in [-0.3, -0.25) is 9.67 Å². The van der Waals surface area contributed by atoms with Crippen molar-refractivity contribution in [3.8, 4) is 17.3 Å². The average Bonchev–Trinajstić information content (AvgIpc) is 3.54. The zero-order valence-electron chi connectivity index (χ0n) is 21.9. The molecule has 2 fully saturated rings. The number of ether oxygens (including phenoxy) is 1. The first-order valence-electron chi connectivity index (χ1n) is 12.6. The fourth-order valence-electron chi connectivity index (χ4n) is 5.39. The van der Waals surface area contributed by atoms with E-state index in [0.717, 1.165) is 31.5 Å². The van der Waals surface area contributed by atoms with Crippen LogP contribution in [0.5, 0.6) is 0 Å². The molecule has 2 N–H and O–H groups in total. The molecule has 0 atom stereocenters. The van der Waals surface area contributed by atoms with Crippen molar-refractivity contribution in [2.24, 2.45) is 5.41 Å². The first-order chi connectivity index (χ1) is 18.3. The Hall–Kier alpha value is -4.08. The van der Waals surface area contributed by atoms with E-state index in [4.69, 9.17) is 10.5 Å². The maximum absolute atomic E-state index is 13.0. The van der Waals surface area contributed by atoms with Gasteiger partial charge in [0.25, 0.3) is 0 Å². The Bertz CT molecular complexity index is 1440. The minimum Gasteiger partial charge on any atom is -0.444 e. The lowest BCUT2D eigenvalue weighted by molar-refractivity contribution is -0.141. The number of amides is 1. The van der Waals surface area contributed by atoms with Gasteiger partial charge in [0.1, 0.15) is 34.4 Å². The monoisotopic (exact) mass is 542 g/mol. The summed E-state index contributed by atoms with van der Waals surface area (Å²) in [5.41, 5.74) is 6.29. The van der Waals surface area contributed by atoms with E-state index in [1.807, 2.05) is 20.8 Å². The van der Waals surface area contributed by atoms with E-state index >= 15 is 0 Å². The van der Waals surface area contributed by atoms with Crippen LogP contribution in [-0.4, -0.2) is 54.2 Å². The summed E-state index contributed by atoms with van der Waals surface area (Å²) in [4.78, 5) is 17.6. The molecule has 3 aromatic rings. The lowest BCUT2D eigenvalue weighted by atomic mass is 9.65. The van der Waals surface area contributed by atoms with Crippen molar-refractivity contribution in [1.82, 2.24) is 29.4 Å². The number of hydrogen-bond acceptors (Lipinski definition) is 7. The smallest absolute Gasteiger partial charge is 0.433 e. The zero-order chi connectivity index (χ0) is 28.2. The van der Waals surface area contributed by atoms with E-state index in [1.165, 1.54) is 16.9 Å². The summed E-state index contributed by atoms with van der Waals surface area (Å²) in [5.74, 6) is 0.256. The van der Waals surface area contributed by atoms with Crippen LogP contribution in [0.3, 0.4) is 0 Å². The Labute approximate surface area is 223 Å². The Kier molecular flexibility index (Phi) is 6.32. The predicted molar refractivity (Wildman–Crippen MR) is 134 cm³/mol. The molecular formula is C26H29F3N8O2. The number of hydrogen-bond donors (Lipinski definition) is 1. The van der Waals surface area contributed by atoms with Gasteiger partial charge >= 0.3 is 12.3 Å². The summed E-state index contributed by atoms with van der Waals surface area (Å²) in [5, 5.41) is 18.7. The maximum atomic E-state index is 13.0. The summed E-state index contributed by atoms with van der Waals surface area (Å²) in [6, 6.07) is 4.58. The zero-order valence-corrected chi connectivity index (χ0v) is 21.9. The van der Waals surface area contributed by atoms with Crippen LogP contribution in [-0.2, 0) is 17.5 Å². The van der Waals surface area contributed by atoms with E-state index < -0.39 is 17.5 Å². The second-order valence-electron chi connectivity index (χ2n) is 11.4. The lowest BCUT2D eigenvalue weighted by Gasteiger charge is -2.45. The molecule has 0 unspecified atom stereocenters. The van der Waals surface area contributed by atoms with Crippen molar-refractivity contribution in [1.29, 1.82) is 5.26 Å². The van der Waals surface area contributed by atoms with Crippen molar-refractivity contribution < 1.29 is 22.7 Å². The molecule has 13 heteroatoms. The molecule has 0 bridgehead atoms.